The third-order valence-corrected chi connectivity index (χ3v) is 5.28. The molecule has 0 amide bonds. The van der Waals surface area contributed by atoms with Crippen molar-refractivity contribution in [2.45, 2.75) is 66.8 Å². The second-order valence-corrected chi connectivity index (χ2v) is 8.84. The minimum atomic E-state index is -0.774. The van der Waals surface area contributed by atoms with Crippen molar-refractivity contribution in [2.24, 2.45) is 0 Å². The van der Waals surface area contributed by atoms with Gasteiger partial charge in [-0.3, -0.25) is 9.59 Å². The maximum absolute atomic E-state index is 11.7. The van der Waals surface area contributed by atoms with Crippen LogP contribution in [0.2, 0.25) is 0 Å². The van der Waals surface area contributed by atoms with Crippen molar-refractivity contribution < 1.29 is 19.1 Å². The van der Waals surface area contributed by atoms with Crippen LogP contribution in [0.3, 0.4) is 0 Å². The summed E-state index contributed by atoms with van der Waals surface area (Å²) < 4.78 is 11.1. The van der Waals surface area contributed by atoms with Gasteiger partial charge in [0.1, 0.15) is 12.2 Å². The zero-order chi connectivity index (χ0) is 15.8. The van der Waals surface area contributed by atoms with Gasteiger partial charge in [0.2, 0.25) is 0 Å². The Morgan fingerprint density at radius 1 is 1.00 bits per heavy atom. The molecule has 118 valence electrons. The minimum absolute atomic E-state index is 0.0999. The zero-order valence-corrected chi connectivity index (χ0v) is 16.9. The van der Waals surface area contributed by atoms with Crippen LogP contribution in [0.1, 0.15) is 53.4 Å². The number of halogens is 2. The first kappa shape index (κ1) is 20.4. The van der Waals surface area contributed by atoms with E-state index in [1.165, 1.54) is 0 Å². The van der Waals surface area contributed by atoms with Gasteiger partial charge in [0, 0.05) is 7.85 Å². The second kappa shape index (κ2) is 10.2. The van der Waals surface area contributed by atoms with E-state index in [1.54, 1.807) is 13.8 Å². The number of hydrogen-bond acceptors (Lipinski definition) is 4. The van der Waals surface area contributed by atoms with Crippen molar-refractivity contribution in [3.05, 3.63) is 0 Å². The summed E-state index contributed by atoms with van der Waals surface area (Å²) in [6.07, 6.45) is 2.65. The number of carbonyl (C=O) groups excluding carboxylic acids is 2. The Bertz CT molecular complexity index is 318. The fourth-order valence-electron chi connectivity index (χ4n) is 1.34. The summed E-state index contributed by atoms with van der Waals surface area (Å²) in [4.78, 5) is 23.3. The summed E-state index contributed by atoms with van der Waals surface area (Å²) in [6.45, 7) is 7.68. The molecule has 20 heavy (non-hydrogen) atoms. The van der Waals surface area contributed by atoms with E-state index in [0.29, 0.717) is 12.8 Å². The van der Waals surface area contributed by atoms with Crippen molar-refractivity contribution in [3.63, 3.8) is 0 Å². The lowest BCUT2D eigenvalue weighted by Gasteiger charge is -2.25. The summed E-state index contributed by atoms with van der Waals surface area (Å²) in [5.41, 5.74) is -0.774. The highest BCUT2D eigenvalue weighted by atomic mass is 127. The highest BCUT2D eigenvalue weighted by molar-refractivity contribution is 14.1. The van der Waals surface area contributed by atoms with Gasteiger partial charge in [-0.15, -0.1) is 0 Å². The fraction of sp³-hybridized carbons (Fsp3) is 0.857. The van der Waals surface area contributed by atoms with E-state index >= 15 is 0 Å². The highest BCUT2D eigenvalue weighted by Gasteiger charge is 2.26. The van der Waals surface area contributed by atoms with Crippen LogP contribution in [0.25, 0.3) is 0 Å². The smallest absolute Gasteiger partial charge is 0.307 e. The molecule has 0 radical (unpaired) electrons. The number of alkyl halides is 2. The van der Waals surface area contributed by atoms with Gasteiger partial charge in [0.05, 0.1) is 12.8 Å². The molecule has 2 unspecified atom stereocenters. The third-order valence-electron chi connectivity index (χ3n) is 2.63. The van der Waals surface area contributed by atoms with E-state index in [2.05, 4.69) is 45.2 Å². The fourth-order valence-corrected chi connectivity index (χ4v) is 2.06. The van der Waals surface area contributed by atoms with Gasteiger partial charge in [0.25, 0.3) is 0 Å². The molecule has 0 aliphatic carbocycles. The average Bonchev–Trinajstić information content (AvgIpc) is 2.35. The molecule has 0 aliphatic heterocycles. The molecule has 0 spiro atoms. The molecule has 0 fully saturated rings. The Morgan fingerprint density at radius 2 is 1.45 bits per heavy atom. The molecule has 0 heterocycles. The number of ether oxygens (including phenoxy) is 2. The van der Waals surface area contributed by atoms with Crippen molar-refractivity contribution in [1.82, 2.24) is 0 Å². The van der Waals surface area contributed by atoms with Gasteiger partial charge in [-0.1, -0.05) is 59.0 Å². The summed E-state index contributed by atoms with van der Waals surface area (Å²) in [5, 5.41) is 0. The Balaban J connectivity index is 4.12. The van der Waals surface area contributed by atoms with E-state index < -0.39 is 5.60 Å². The first-order chi connectivity index (χ1) is 9.20. The third kappa shape index (κ3) is 10.2. The van der Waals surface area contributed by atoms with Gasteiger partial charge in [-0.25, -0.2) is 0 Å². The Morgan fingerprint density at radius 3 is 1.90 bits per heavy atom. The predicted octanol–water partition coefficient (Wildman–Crippen LogP) is 4.06. The van der Waals surface area contributed by atoms with Crippen LogP contribution in [0, 0.1) is 0 Å². The minimum Gasteiger partial charge on any atom is -0.461 e. The van der Waals surface area contributed by atoms with Crippen molar-refractivity contribution in [3.8, 4) is 0 Å². The second-order valence-electron chi connectivity index (χ2n) is 5.31. The predicted molar refractivity (Wildman–Crippen MR) is 96.6 cm³/mol. The van der Waals surface area contributed by atoms with E-state index in [4.69, 9.17) is 9.47 Å². The summed E-state index contributed by atoms with van der Waals surface area (Å²) in [7, 11) is 0. The van der Waals surface area contributed by atoms with E-state index in [0.717, 1.165) is 12.8 Å². The molecule has 0 rings (SSSR count). The molecule has 2 atom stereocenters. The molecule has 0 saturated heterocycles. The van der Waals surface area contributed by atoms with Crippen LogP contribution < -0.4 is 0 Å². The van der Waals surface area contributed by atoms with Gasteiger partial charge in [0.15, 0.2) is 0 Å². The molecule has 0 aromatic heterocycles. The van der Waals surface area contributed by atoms with Crippen molar-refractivity contribution in [1.29, 1.82) is 0 Å². The summed E-state index contributed by atoms with van der Waals surface area (Å²) >= 11 is 4.47. The molecule has 0 aromatic carbocycles. The van der Waals surface area contributed by atoms with Gasteiger partial charge < -0.3 is 9.47 Å². The lowest BCUT2D eigenvalue weighted by Crippen LogP contribution is -2.35. The molecule has 0 aliphatic rings. The molecular formula is C14H24I2O4. The molecule has 0 N–H and O–H groups in total. The Labute approximate surface area is 149 Å². The first-order valence-corrected chi connectivity index (χ1v) is 9.34. The lowest BCUT2D eigenvalue weighted by atomic mass is 10.1. The molecular weight excluding hydrogens is 486 g/mol. The summed E-state index contributed by atoms with van der Waals surface area (Å²) in [6, 6.07) is 0. The first-order valence-electron chi connectivity index (χ1n) is 6.85. The van der Waals surface area contributed by atoms with Gasteiger partial charge in [-0.05, 0) is 26.7 Å². The largest absolute Gasteiger partial charge is 0.461 e. The number of esters is 2. The molecule has 0 bridgehead atoms. The Kier molecular flexibility index (Phi) is 10.4. The SMILES string of the molecule is CCC(I)CC(=O)OCC(C)(C)OC(=O)CC(I)CC. The number of carbonyl (C=O) groups is 2. The van der Waals surface area contributed by atoms with Crippen LogP contribution in [0.15, 0.2) is 0 Å². The maximum Gasteiger partial charge on any atom is 0.307 e. The normalized spacial score (nSPS) is 14.5. The highest BCUT2D eigenvalue weighted by Crippen LogP contribution is 2.17. The van der Waals surface area contributed by atoms with Crippen LogP contribution in [0.5, 0.6) is 0 Å². The molecule has 4 nitrogen and oxygen atoms in total. The Hall–Kier alpha value is 0.400. The van der Waals surface area contributed by atoms with E-state index in [-0.39, 0.29) is 26.4 Å². The quantitative estimate of drug-likeness (QED) is 0.267. The van der Waals surface area contributed by atoms with Gasteiger partial charge in [-0.2, -0.15) is 0 Å². The van der Waals surface area contributed by atoms with Crippen LogP contribution in [-0.2, 0) is 19.1 Å². The molecule has 0 saturated carbocycles. The van der Waals surface area contributed by atoms with Crippen molar-refractivity contribution in [2.75, 3.05) is 6.61 Å². The zero-order valence-electron chi connectivity index (χ0n) is 12.6. The van der Waals surface area contributed by atoms with Crippen LogP contribution in [0.4, 0.5) is 0 Å². The number of hydrogen-bond donors (Lipinski definition) is 0. The average molecular weight is 510 g/mol. The van der Waals surface area contributed by atoms with E-state index in [1.807, 2.05) is 13.8 Å². The van der Waals surface area contributed by atoms with Gasteiger partial charge >= 0.3 is 11.9 Å². The maximum atomic E-state index is 11.7. The van der Waals surface area contributed by atoms with Crippen LogP contribution >= 0.6 is 45.2 Å². The topological polar surface area (TPSA) is 52.6 Å². The molecule has 0 aromatic rings. The standard InChI is InChI=1S/C14H24I2O4/c1-5-10(15)7-12(17)19-9-14(3,4)20-13(18)8-11(16)6-2/h10-11H,5-9H2,1-4H3. The van der Waals surface area contributed by atoms with Crippen LogP contribution in [-0.4, -0.2) is 32.0 Å². The monoisotopic (exact) mass is 510 g/mol. The summed E-state index contributed by atoms with van der Waals surface area (Å²) in [5.74, 6) is -0.483. The lowest BCUT2D eigenvalue weighted by molar-refractivity contribution is -0.168. The number of rotatable bonds is 9. The van der Waals surface area contributed by atoms with E-state index in [9.17, 15) is 9.59 Å². The molecule has 6 heteroatoms. The van der Waals surface area contributed by atoms with Crippen molar-refractivity contribution >= 4 is 57.1 Å².